The van der Waals surface area contributed by atoms with Crippen LogP contribution in [0.4, 0.5) is 0 Å². The molecule has 4 rings (SSSR count). The molecule has 34 heavy (non-hydrogen) atoms. The van der Waals surface area contributed by atoms with Crippen molar-refractivity contribution in [1.29, 1.82) is 0 Å². The van der Waals surface area contributed by atoms with Crippen LogP contribution in [0.15, 0.2) is 23.4 Å². The highest BCUT2D eigenvalue weighted by molar-refractivity contribution is 7.98. The molecule has 0 unspecified atom stereocenters. The van der Waals surface area contributed by atoms with Crippen molar-refractivity contribution in [2.24, 2.45) is 0 Å². The van der Waals surface area contributed by atoms with Crippen LogP contribution in [0.25, 0.3) is 0 Å². The van der Waals surface area contributed by atoms with Crippen molar-refractivity contribution in [3.05, 3.63) is 40.7 Å². The Morgan fingerprint density at radius 2 is 1.91 bits per heavy atom. The largest absolute Gasteiger partial charge is 0.385 e. The monoisotopic (exact) mass is 485 g/mol. The van der Waals surface area contributed by atoms with Gasteiger partial charge in [0.25, 0.3) is 17.7 Å². The fourth-order valence-electron chi connectivity index (χ4n) is 4.70. The standard InChI is InChI=1S/C24H31N5O4S/c1-33-14-6-13-28-22(31)18-11-10-16(15-19(18)23(28)32)21(30)25-12-5-9-20-26-27-24(34-2)29(20)17-7-3-4-8-17/h10-11,15,17H,3-9,12-14H2,1-2H3,(H,25,30). The summed E-state index contributed by atoms with van der Waals surface area (Å²) >= 11 is 1.62. The second kappa shape index (κ2) is 11.1. The second-order valence-electron chi connectivity index (χ2n) is 8.64. The number of amides is 3. The molecule has 10 heteroatoms. The maximum Gasteiger partial charge on any atom is 0.261 e. The van der Waals surface area contributed by atoms with Crippen LogP contribution >= 0.6 is 11.8 Å². The maximum atomic E-state index is 12.7. The molecule has 182 valence electrons. The van der Waals surface area contributed by atoms with Gasteiger partial charge in [0.2, 0.25) is 0 Å². The lowest BCUT2D eigenvalue weighted by atomic mass is 10.1. The number of methoxy groups -OCH3 is 1. The third-order valence-corrected chi connectivity index (χ3v) is 7.08. The van der Waals surface area contributed by atoms with Crippen LogP contribution in [0.1, 0.15) is 81.5 Å². The Balaban J connectivity index is 1.33. The van der Waals surface area contributed by atoms with Crippen LogP contribution in [-0.2, 0) is 11.2 Å². The van der Waals surface area contributed by atoms with E-state index in [2.05, 4.69) is 20.1 Å². The first-order valence-corrected chi connectivity index (χ1v) is 13.0. The van der Waals surface area contributed by atoms with Gasteiger partial charge in [-0.3, -0.25) is 19.3 Å². The number of ether oxygens (including phenoxy) is 1. The molecule has 0 bridgehead atoms. The van der Waals surface area contributed by atoms with Crippen LogP contribution in [0.3, 0.4) is 0 Å². The third-order valence-electron chi connectivity index (χ3n) is 6.43. The van der Waals surface area contributed by atoms with Crippen LogP contribution in [0.5, 0.6) is 0 Å². The van der Waals surface area contributed by atoms with Gasteiger partial charge in [0.05, 0.1) is 11.1 Å². The van der Waals surface area contributed by atoms with Gasteiger partial charge in [0.1, 0.15) is 5.82 Å². The number of thioether (sulfide) groups is 1. The molecule has 0 atom stereocenters. The van der Waals surface area contributed by atoms with Crippen LogP contribution in [-0.4, -0.2) is 70.4 Å². The van der Waals surface area contributed by atoms with Gasteiger partial charge < -0.3 is 14.6 Å². The highest BCUT2D eigenvalue weighted by atomic mass is 32.2. The van der Waals surface area contributed by atoms with Crippen molar-refractivity contribution in [2.75, 3.05) is 33.1 Å². The summed E-state index contributed by atoms with van der Waals surface area (Å²) in [7, 11) is 1.58. The Morgan fingerprint density at radius 1 is 1.15 bits per heavy atom. The molecule has 3 amide bonds. The van der Waals surface area contributed by atoms with E-state index in [1.54, 1.807) is 31.0 Å². The summed E-state index contributed by atoms with van der Waals surface area (Å²) in [5.74, 6) is 0.0318. The van der Waals surface area contributed by atoms with Crippen molar-refractivity contribution in [2.45, 2.75) is 56.1 Å². The van der Waals surface area contributed by atoms with Crippen LogP contribution in [0.2, 0.25) is 0 Å². The molecule has 1 aliphatic heterocycles. The predicted octanol–water partition coefficient (Wildman–Crippen LogP) is 3.11. The van der Waals surface area contributed by atoms with E-state index in [-0.39, 0.29) is 23.3 Å². The zero-order valence-corrected chi connectivity index (χ0v) is 20.5. The van der Waals surface area contributed by atoms with Gasteiger partial charge in [-0.05, 0) is 50.1 Å². The van der Waals surface area contributed by atoms with Crippen molar-refractivity contribution < 1.29 is 19.1 Å². The van der Waals surface area contributed by atoms with E-state index in [4.69, 9.17) is 4.74 Å². The Kier molecular flexibility index (Phi) is 7.99. The summed E-state index contributed by atoms with van der Waals surface area (Å²) in [6.45, 7) is 1.25. The van der Waals surface area contributed by atoms with E-state index in [0.29, 0.717) is 43.3 Å². The van der Waals surface area contributed by atoms with Gasteiger partial charge >= 0.3 is 0 Å². The highest BCUT2D eigenvalue weighted by Crippen LogP contribution is 2.33. The number of rotatable bonds is 11. The SMILES string of the molecule is COCCCN1C(=O)c2ccc(C(=O)NCCCc3nnc(SC)n3C3CCCC3)cc2C1=O. The van der Waals surface area contributed by atoms with E-state index in [0.717, 1.165) is 23.8 Å². The van der Waals surface area contributed by atoms with Gasteiger partial charge in [-0.1, -0.05) is 24.6 Å². The molecular formula is C24H31N5O4S. The number of benzene rings is 1. The Labute approximate surface area is 203 Å². The van der Waals surface area contributed by atoms with Gasteiger partial charge in [0.15, 0.2) is 5.16 Å². The molecule has 1 N–H and O–H groups in total. The first kappa shape index (κ1) is 24.4. The normalized spacial score (nSPS) is 15.9. The molecule has 9 nitrogen and oxygen atoms in total. The molecule has 2 aliphatic rings. The third kappa shape index (κ3) is 5.02. The van der Waals surface area contributed by atoms with E-state index in [1.807, 2.05) is 6.26 Å². The minimum absolute atomic E-state index is 0.261. The topological polar surface area (TPSA) is 106 Å². The first-order valence-electron chi connectivity index (χ1n) is 11.8. The average molecular weight is 486 g/mol. The maximum absolute atomic E-state index is 12.7. The molecule has 2 aromatic rings. The molecule has 0 radical (unpaired) electrons. The molecule has 1 saturated carbocycles. The Bertz CT molecular complexity index is 1060. The number of fused-ring (bicyclic) bond motifs is 1. The first-order chi connectivity index (χ1) is 16.5. The van der Waals surface area contributed by atoms with Gasteiger partial charge in [-0.15, -0.1) is 10.2 Å². The van der Waals surface area contributed by atoms with Gasteiger partial charge in [-0.25, -0.2) is 0 Å². The number of nitrogens with one attached hydrogen (secondary N) is 1. The van der Waals surface area contributed by atoms with Crippen molar-refractivity contribution in [3.8, 4) is 0 Å². The lowest BCUT2D eigenvalue weighted by Gasteiger charge is -2.16. The molecule has 2 heterocycles. The molecule has 1 fully saturated rings. The molecule has 1 aromatic carbocycles. The lowest BCUT2D eigenvalue weighted by molar-refractivity contribution is 0.0638. The fourth-order valence-corrected chi connectivity index (χ4v) is 5.27. The number of carbonyl (C=O) groups is 3. The van der Waals surface area contributed by atoms with E-state index >= 15 is 0 Å². The summed E-state index contributed by atoms with van der Waals surface area (Å²) in [6, 6.07) is 5.15. The van der Waals surface area contributed by atoms with Crippen LogP contribution in [0, 0.1) is 0 Å². The minimum Gasteiger partial charge on any atom is -0.385 e. The highest BCUT2D eigenvalue weighted by Gasteiger charge is 2.35. The molecule has 1 aromatic heterocycles. The van der Waals surface area contributed by atoms with Crippen LogP contribution < -0.4 is 5.32 Å². The summed E-state index contributed by atoms with van der Waals surface area (Å²) < 4.78 is 7.28. The second-order valence-corrected chi connectivity index (χ2v) is 9.41. The number of aromatic nitrogens is 3. The summed E-state index contributed by atoms with van der Waals surface area (Å²) in [6.07, 6.45) is 8.88. The summed E-state index contributed by atoms with van der Waals surface area (Å²) in [4.78, 5) is 39.1. The number of aryl methyl sites for hydroxylation is 1. The molecule has 0 saturated heterocycles. The Hall–Kier alpha value is -2.72. The van der Waals surface area contributed by atoms with E-state index in [1.165, 1.54) is 36.6 Å². The zero-order valence-electron chi connectivity index (χ0n) is 19.7. The number of hydrogen-bond donors (Lipinski definition) is 1. The lowest BCUT2D eigenvalue weighted by Crippen LogP contribution is -2.31. The summed E-state index contributed by atoms with van der Waals surface area (Å²) in [5.41, 5.74) is 0.997. The number of hydrogen-bond acceptors (Lipinski definition) is 7. The minimum atomic E-state index is -0.360. The number of nitrogens with zero attached hydrogens (tertiary/aromatic N) is 4. The van der Waals surface area contributed by atoms with Crippen molar-refractivity contribution in [3.63, 3.8) is 0 Å². The van der Waals surface area contributed by atoms with E-state index in [9.17, 15) is 14.4 Å². The Morgan fingerprint density at radius 3 is 2.65 bits per heavy atom. The summed E-state index contributed by atoms with van der Waals surface area (Å²) in [5, 5.41) is 12.6. The predicted molar refractivity (Wildman–Crippen MR) is 128 cm³/mol. The fraction of sp³-hybridized carbons (Fsp3) is 0.542. The van der Waals surface area contributed by atoms with Gasteiger partial charge in [-0.2, -0.15) is 0 Å². The number of imide groups is 1. The molecular weight excluding hydrogens is 454 g/mol. The number of carbonyl (C=O) groups excluding carboxylic acids is 3. The van der Waals surface area contributed by atoms with Crippen molar-refractivity contribution >= 4 is 29.5 Å². The molecule has 0 spiro atoms. The smallest absolute Gasteiger partial charge is 0.261 e. The van der Waals surface area contributed by atoms with Gasteiger partial charge in [0, 0.05) is 44.8 Å². The zero-order chi connectivity index (χ0) is 24.1. The quantitative estimate of drug-likeness (QED) is 0.296. The van der Waals surface area contributed by atoms with Crippen molar-refractivity contribution in [1.82, 2.24) is 25.0 Å². The molecule has 1 aliphatic carbocycles. The average Bonchev–Trinajstić information content (AvgIpc) is 3.57. The van der Waals surface area contributed by atoms with E-state index < -0.39 is 0 Å².